The van der Waals surface area contributed by atoms with Crippen molar-refractivity contribution in [2.45, 2.75) is 26.2 Å². The van der Waals surface area contributed by atoms with Gasteiger partial charge in [0, 0.05) is 20.0 Å². The lowest BCUT2D eigenvalue weighted by Crippen LogP contribution is -2.42. The number of nitrogens with zero attached hydrogens (tertiary/aromatic N) is 2. The summed E-state index contributed by atoms with van der Waals surface area (Å²) in [6, 6.07) is 9.58. The number of esters is 2. The first-order chi connectivity index (χ1) is 12.4. The largest absolute Gasteiger partial charge is 0.483 e. The minimum atomic E-state index is -1.29. The standard InChI is InChI=1S/C18H17N3O5/c1-18(2)25-16(22)13(17(23)26-18)8-20-15-14(9-19-11-21-15)24-10-12-6-4-3-5-7-12/h3-9,11H,10H2,1-2H3,(H,19,20,21). The number of rotatable bonds is 5. The van der Waals surface area contributed by atoms with Crippen LogP contribution in [-0.2, 0) is 25.7 Å². The van der Waals surface area contributed by atoms with E-state index in [-0.39, 0.29) is 5.57 Å². The summed E-state index contributed by atoms with van der Waals surface area (Å²) in [5.74, 6) is -2.18. The number of cyclic esters (lactones) is 2. The van der Waals surface area contributed by atoms with Gasteiger partial charge in [0.2, 0.25) is 0 Å². The fourth-order valence-electron chi connectivity index (χ4n) is 2.19. The second-order valence-electron chi connectivity index (χ2n) is 5.89. The van der Waals surface area contributed by atoms with E-state index in [1.807, 2.05) is 30.3 Å². The molecule has 1 aliphatic heterocycles. The summed E-state index contributed by atoms with van der Waals surface area (Å²) in [4.78, 5) is 31.9. The average Bonchev–Trinajstić information content (AvgIpc) is 2.60. The molecule has 1 N–H and O–H groups in total. The van der Waals surface area contributed by atoms with Crippen molar-refractivity contribution in [3.63, 3.8) is 0 Å². The average molecular weight is 355 g/mol. The Labute approximate surface area is 149 Å². The lowest BCUT2D eigenvalue weighted by atomic mass is 10.2. The number of carbonyl (C=O) groups is 2. The molecule has 1 fully saturated rings. The third-order valence-electron chi connectivity index (χ3n) is 3.39. The Morgan fingerprint density at radius 3 is 2.54 bits per heavy atom. The third kappa shape index (κ3) is 4.15. The first-order valence-electron chi connectivity index (χ1n) is 7.85. The van der Waals surface area contributed by atoms with Crippen LogP contribution in [0.5, 0.6) is 5.75 Å². The van der Waals surface area contributed by atoms with Gasteiger partial charge in [-0.25, -0.2) is 19.6 Å². The molecule has 0 atom stereocenters. The van der Waals surface area contributed by atoms with Gasteiger partial charge in [0.05, 0.1) is 6.20 Å². The number of nitrogens with one attached hydrogen (secondary N) is 1. The van der Waals surface area contributed by atoms with Crippen molar-refractivity contribution < 1.29 is 23.8 Å². The van der Waals surface area contributed by atoms with Gasteiger partial charge in [0.1, 0.15) is 12.9 Å². The summed E-state index contributed by atoms with van der Waals surface area (Å²) in [6.45, 7) is 3.28. The van der Waals surface area contributed by atoms with Gasteiger partial charge in [-0.05, 0) is 5.56 Å². The van der Waals surface area contributed by atoms with Gasteiger partial charge in [0.15, 0.2) is 17.1 Å². The summed E-state index contributed by atoms with van der Waals surface area (Å²) < 4.78 is 15.8. The van der Waals surface area contributed by atoms with Crippen LogP contribution in [0.3, 0.4) is 0 Å². The number of hydrogen-bond acceptors (Lipinski definition) is 8. The Morgan fingerprint density at radius 1 is 1.15 bits per heavy atom. The minimum absolute atomic E-state index is 0.267. The smallest absolute Gasteiger partial charge is 0.350 e. The normalized spacial score (nSPS) is 15.7. The van der Waals surface area contributed by atoms with Crippen molar-refractivity contribution in [2.75, 3.05) is 5.32 Å². The summed E-state index contributed by atoms with van der Waals surface area (Å²) >= 11 is 0. The number of anilines is 1. The molecular formula is C18H17N3O5. The van der Waals surface area contributed by atoms with Gasteiger partial charge in [-0.2, -0.15) is 0 Å². The van der Waals surface area contributed by atoms with Crippen LogP contribution in [0.15, 0.2) is 54.6 Å². The van der Waals surface area contributed by atoms with Crippen molar-refractivity contribution in [3.8, 4) is 5.75 Å². The highest BCUT2D eigenvalue weighted by atomic mass is 16.7. The van der Waals surface area contributed by atoms with Gasteiger partial charge in [0.25, 0.3) is 5.79 Å². The van der Waals surface area contributed by atoms with Crippen LogP contribution in [0.1, 0.15) is 19.4 Å². The maximum absolute atomic E-state index is 11.9. The van der Waals surface area contributed by atoms with Crippen molar-refractivity contribution in [1.29, 1.82) is 0 Å². The summed E-state index contributed by atoms with van der Waals surface area (Å²) in [5, 5.41) is 2.77. The van der Waals surface area contributed by atoms with Crippen LogP contribution >= 0.6 is 0 Å². The fraction of sp³-hybridized carbons (Fsp3) is 0.222. The van der Waals surface area contributed by atoms with E-state index in [4.69, 9.17) is 14.2 Å². The third-order valence-corrected chi connectivity index (χ3v) is 3.39. The van der Waals surface area contributed by atoms with E-state index in [0.717, 1.165) is 5.56 Å². The molecule has 1 aliphatic rings. The number of carbonyl (C=O) groups excluding carboxylic acids is 2. The first-order valence-corrected chi connectivity index (χ1v) is 7.85. The van der Waals surface area contributed by atoms with Crippen LogP contribution in [0, 0.1) is 0 Å². The molecule has 2 heterocycles. The molecule has 0 aliphatic carbocycles. The van der Waals surface area contributed by atoms with Crippen LogP contribution in [0.4, 0.5) is 5.82 Å². The summed E-state index contributed by atoms with van der Waals surface area (Å²) in [6.07, 6.45) is 3.98. The molecule has 8 heteroatoms. The van der Waals surface area contributed by atoms with E-state index in [0.29, 0.717) is 18.2 Å². The topological polar surface area (TPSA) is 99.6 Å². The van der Waals surface area contributed by atoms with Crippen molar-refractivity contribution in [1.82, 2.24) is 9.97 Å². The molecule has 1 aromatic heterocycles. The van der Waals surface area contributed by atoms with Gasteiger partial charge >= 0.3 is 11.9 Å². The van der Waals surface area contributed by atoms with Gasteiger partial charge < -0.3 is 19.5 Å². The lowest BCUT2D eigenvalue weighted by Gasteiger charge is -2.29. The van der Waals surface area contributed by atoms with E-state index in [9.17, 15) is 9.59 Å². The molecule has 134 valence electrons. The molecule has 0 amide bonds. The first kappa shape index (κ1) is 17.4. The zero-order valence-corrected chi connectivity index (χ0v) is 14.3. The zero-order valence-electron chi connectivity index (χ0n) is 14.3. The molecule has 3 rings (SSSR count). The quantitative estimate of drug-likeness (QED) is 0.495. The van der Waals surface area contributed by atoms with E-state index >= 15 is 0 Å². The van der Waals surface area contributed by atoms with Gasteiger partial charge in [-0.1, -0.05) is 30.3 Å². The predicted octanol–water partition coefficient (Wildman–Crippen LogP) is 2.19. The molecule has 2 aromatic rings. The molecule has 1 saturated heterocycles. The molecule has 26 heavy (non-hydrogen) atoms. The van der Waals surface area contributed by atoms with E-state index < -0.39 is 17.7 Å². The SMILES string of the molecule is CC1(C)OC(=O)C(=CNc2ncncc2OCc2ccccc2)C(=O)O1. The molecule has 0 bridgehead atoms. The monoisotopic (exact) mass is 355 g/mol. The van der Waals surface area contributed by atoms with Gasteiger partial charge in [-0.15, -0.1) is 0 Å². The van der Waals surface area contributed by atoms with Crippen LogP contribution in [0.2, 0.25) is 0 Å². The lowest BCUT2D eigenvalue weighted by molar-refractivity contribution is -0.222. The highest BCUT2D eigenvalue weighted by molar-refractivity contribution is 6.15. The summed E-state index contributed by atoms with van der Waals surface area (Å²) in [7, 11) is 0. The second kappa shape index (κ2) is 7.22. The van der Waals surface area contributed by atoms with Crippen LogP contribution < -0.4 is 10.1 Å². The minimum Gasteiger partial charge on any atom is -0.483 e. The van der Waals surface area contributed by atoms with Gasteiger partial charge in [-0.3, -0.25) is 0 Å². The zero-order chi connectivity index (χ0) is 18.6. The summed E-state index contributed by atoms with van der Waals surface area (Å²) in [5.41, 5.74) is 0.708. The Hall–Kier alpha value is -3.42. The highest BCUT2D eigenvalue weighted by Crippen LogP contribution is 2.24. The number of aromatic nitrogens is 2. The van der Waals surface area contributed by atoms with E-state index in [1.165, 1.54) is 32.6 Å². The maximum Gasteiger partial charge on any atom is 0.350 e. The van der Waals surface area contributed by atoms with Crippen molar-refractivity contribution >= 4 is 17.8 Å². The maximum atomic E-state index is 11.9. The van der Waals surface area contributed by atoms with E-state index in [2.05, 4.69) is 15.3 Å². The van der Waals surface area contributed by atoms with Crippen LogP contribution in [-0.4, -0.2) is 27.7 Å². The molecule has 8 nitrogen and oxygen atoms in total. The number of ether oxygens (including phenoxy) is 3. The molecule has 0 spiro atoms. The molecule has 0 unspecified atom stereocenters. The van der Waals surface area contributed by atoms with Crippen molar-refractivity contribution in [2.24, 2.45) is 0 Å². The van der Waals surface area contributed by atoms with E-state index in [1.54, 1.807) is 0 Å². The highest BCUT2D eigenvalue weighted by Gasteiger charge is 2.39. The molecule has 0 saturated carbocycles. The Balaban J connectivity index is 1.72. The fourth-order valence-corrected chi connectivity index (χ4v) is 2.19. The second-order valence-corrected chi connectivity index (χ2v) is 5.89. The van der Waals surface area contributed by atoms with Crippen molar-refractivity contribution in [3.05, 3.63) is 60.2 Å². The molecule has 0 radical (unpaired) electrons. The molecule has 1 aromatic carbocycles. The Morgan fingerprint density at radius 2 is 1.85 bits per heavy atom. The Bertz CT molecular complexity index is 827. The number of benzene rings is 1. The Kier molecular flexibility index (Phi) is 4.83. The van der Waals surface area contributed by atoms with Crippen LogP contribution in [0.25, 0.3) is 0 Å². The predicted molar refractivity (Wildman–Crippen MR) is 90.8 cm³/mol. The molecular weight excluding hydrogens is 338 g/mol. The number of hydrogen-bond donors (Lipinski definition) is 1.